The Morgan fingerprint density at radius 2 is 1.78 bits per heavy atom. The van der Waals surface area contributed by atoms with E-state index >= 15 is 0 Å². The van der Waals surface area contributed by atoms with Gasteiger partial charge in [0.2, 0.25) is 0 Å². The molecule has 2 heteroatoms. The summed E-state index contributed by atoms with van der Waals surface area (Å²) in [6.07, 6.45) is 0. The molecule has 0 nitrogen and oxygen atoms in total. The first-order valence-corrected chi connectivity index (χ1v) is 4.41. The molecule has 47 valence electrons. The minimum atomic E-state index is 1.15. The molecular formula is C7H5BrI. The average Bonchev–Trinajstić information content (AvgIpc) is 1.90. The number of hydrogen-bond donors (Lipinski definition) is 0. The Bertz CT molecular complexity index is 172. The second-order valence-electron chi connectivity index (χ2n) is 1.63. The van der Waals surface area contributed by atoms with Gasteiger partial charge in [-0.15, -0.1) is 0 Å². The largest absolute Gasteiger partial charge is 0.130 e. The predicted octanol–water partition coefficient (Wildman–Crippen LogP) is 3.35. The number of hydrogen-bond acceptors (Lipinski definition) is 0. The molecule has 1 rings (SSSR count). The monoisotopic (exact) mass is 295 g/mol. The van der Waals surface area contributed by atoms with Gasteiger partial charge in [0, 0.05) is 0 Å². The molecule has 0 saturated carbocycles. The Morgan fingerprint density at radius 3 is 2.11 bits per heavy atom. The van der Waals surface area contributed by atoms with E-state index < -0.39 is 0 Å². The van der Waals surface area contributed by atoms with E-state index in [-0.39, 0.29) is 0 Å². The van der Waals surface area contributed by atoms with E-state index in [1.54, 1.807) is 0 Å². The number of halogens is 2. The van der Waals surface area contributed by atoms with Crippen LogP contribution in [0.25, 0.3) is 0 Å². The van der Waals surface area contributed by atoms with Crippen LogP contribution >= 0.6 is 38.5 Å². The van der Waals surface area contributed by atoms with Gasteiger partial charge in [0.25, 0.3) is 0 Å². The van der Waals surface area contributed by atoms with Gasteiger partial charge in [0.1, 0.15) is 2.83 Å². The van der Waals surface area contributed by atoms with Crippen molar-refractivity contribution in [3.05, 3.63) is 38.7 Å². The molecule has 0 spiro atoms. The zero-order valence-corrected chi connectivity index (χ0v) is 8.39. The Labute approximate surface area is 76.9 Å². The van der Waals surface area contributed by atoms with Gasteiger partial charge >= 0.3 is 0 Å². The molecule has 0 aliphatic heterocycles. The van der Waals surface area contributed by atoms with Crippen LogP contribution in [0.15, 0.2) is 30.3 Å². The minimum absolute atomic E-state index is 1.15. The summed E-state index contributed by atoms with van der Waals surface area (Å²) in [5.74, 6) is 0. The molecule has 0 aliphatic carbocycles. The van der Waals surface area contributed by atoms with E-state index in [9.17, 15) is 0 Å². The summed E-state index contributed by atoms with van der Waals surface area (Å²) >= 11 is 5.63. The van der Waals surface area contributed by atoms with E-state index in [2.05, 4.69) is 50.7 Å². The standard InChI is InChI=1S/C7H5BrI/c8-7(9)6-4-2-1-3-5-6/h1-5H. The van der Waals surface area contributed by atoms with Crippen LogP contribution in [0.5, 0.6) is 0 Å². The van der Waals surface area contributed by atoms with Crippen molar-refractivity contribution in [2.45, 2.75) is 0 Å². The third kappa shape index (κ3) is 2.26. The maximum absolute atomic E-state index is 3.39. The van der Waals surface area contributed by atoms with Gasteiger partial charge in [-0.3, -0.25) is 0 Å². The quantitative estimate of drug-likeness (QED) is 0.697. The zero-order chi connectivity index (χ0) is 6.69. The van der Waals surface area contributed by atoms with Crippen molar-refractivity contribution in [3.8, 4) is 0 Å². The molecule has 1 radical (unpaired) electrons. The van der Waals surface area contributed by atoms with Gasteiger partial charge in [0.15, 0.2) is 0 Å². The number of rotatable bonds is 1. The maximum atomic E-state index is 3.39. The van der Waals surface area contributed by atoms with Gasteiger partial charge < -0.3 is 0 Å². The molecule has 0 N–H and O–H groups in total. The van der Waals surface area contributed by atoms with Gasteiger partial charge in [-0.05, 0) is 5.56 Å². The third-order valence-electron chi connectivity index (χ3n) is 0.992. The minimum Gasteiger partial charge on any atom is -0.0656 e. The molecule has 9 heavy (non-hydrogen) atoms. The van der Waals surface area contributed by atoms with Crippen LogP contribution in [0, 0.1) is 2.83 Å². The lowest BCUT2D eigenvalue weighted by Crippen LogP contribution is -1.76. The molecule has 0 bridgehead atoms. The Morgan fingerprint density at radius 1 is 1.22 bits per heavy atom. The highest BCUT2D eigenvalue weighted by Gasteiger charge is 1.99. The number of benzene rings is 1. The van der Waals surface area contributed by atoms with Crippen LogP contribution in [0.4, 0.5) is 0 Å². The van der Waals surface area contributed by atoms with Crippen LogP contribution in [-0.2, 0) is 0 Å². The van der Waals surface area contributed by atoms with E-state index in [1.807, 2.05) is 18.2 Å². The maximum Gasteiger partial charge on any atom is 0.130 e. The fourth-order valence-electron chi connectivity index (χ4n) is 0.564. The molecule has 1 aromatic carbocycles. The molecule has 0 saturated heterocycles. The summed E-state index contributed by atoms with van der Waals surface area (Å²) in [4.78, 5) is 0. The smallest absolute Gasteiger partial charge is 0.0656 e. The van der Waals surface area contributed by atoms with E-state index in [0.717, 1.165) is 2.83 Å². The van der Waals surface area contributed by atoms with Crippen LogP contribution in [0.3, 0.4) is 0 Å². The molecule has 0 atom stereocenters. The van der Waals surface area contributed by atoms with Crippen molar-refractivity contribution in [2.75, 3.05) is 0 Å². The van der Waals surface area contributed by atoms with Crippen molar-refractivity contribution in [1.82, 2.24) is 0 Å². The SMILES string of the molecule is Br[C](I)c1ccccc1. The molecule has 0 unspecified atom stereocenters. The van der Waals surface area contributed by atoms with E-state index in [1.165, 1.54) is 5.56 Å². The molecule has 1 aromatic rings. The highest BCUT2D eigenvalue weighted by Crippen LogP contribution is 2.27. The molecule has 0 heterocycles. The molecular weight excluding hydrogens is 291 g/mol. The van der Waals surface area contributed by atoms with Crippen LogP contribution in [0.1, 0.15) is 5.56 Å². The molecule has 0 fully saturated rings. The topological polar surface area (TPSA) is 0 Å². The van der Waals surface area contributed by atoms with Crippen molar-refractivity contribution in [1.29, 1.82) is 0 Å². The fraction of sp³-hybridized carbons (Fsp3) is 0. The summed E-state index contributed by atoms with van der Waals surface area (Å²) in [5.41, 5.74) is 1.23. The van der Waals surface area contributed by atoms with E-state index in [0.29, 0.717) is 0 Å². The van der Waals surface area contributed by atoms with Crippen LogP contribution < -0.4 is 0 Å². The van der Waals surface area contributed by atoms with Crippen molar-refractivity contribution >= 4 is 38.5 Å². The van der Waals surface area contributed by atoms with Crippen LogP contribution in [-0.4, -0.2) is 0 Å². The molecule has 0 aromatic heterocycles. The van der Waals surface area contributed by atoms with Crippen molar-refractivity contribution in [3.63, 3.8) is 0 Å². The highest BCUT2D eigenvalue weighted by atomic mass is 127. The second kappa shape index (κ2) is 3.56. The lowest BCUT2D eigenvalue weighted by molar-refractivity contribution is 1.59. The highest BCUT2D eigenvalue weighted by molar-refractivity contribution is 14.1. The summed E-state index contributed by atoms with van der Waals surface area (Å²) in [7, 11) is 0. The second-order valence-corrected chi connectivity index (χ2v) is 4.98. The summed E-state index contributed by atoms with van der Waals surface area (Å²) in [6, 6.07) is 10.2. The summed E-state index contributed by atoms with van der Waals surface area (Å²) in [5, 5.41) is 0. The summed E-state index contributed by atoms with van der Waals surface area (Å²) < 4.78 is 1.15. The van der Waals surface area contributed by atoms with Crippen LogP contribution in [0.2, 0.25) is 0 Å². The lowest BCUT2D eigenvalue weighted by Gasteiger charge is -1.96. The first-order chi connectivity index (χ1) is 4.30. The predicted molar refractivity (Wildman–Crippen MR) is 51.7 cm³/mol. The first-order valence-electron chi connectivity index (χ1n) is 2.54. The first kappa shape index (κ1) is 7.54. The van der Waals surface area contributed by atoms with Gasteiger partial charge in [0.05, 0.1) is 0 Å². The van der Waals surface area contributed by atoms with E-state index in [4.69, 9.17) is 0 Å². The average molecular weight is 296 g/mol. The fourth-order valence-corrected chi connectivity index (χ4v) is 1.19. The van der Waals surface area contributed by atoms with Gasteiger partial charge in [-0.2, -0.15) is 0 Å². The Balaban J connectivity index is 2.85. The third-order valence-corrected chi connectivity index (χ3v) is 2.07. The van der Waals surface area contributed by atoms with Gasteiger partial charge in [-0.25, -0.2) is 0 Å². The van der Waals surface area contributed by atoms with Crippen molar-refractivity contribution < 1.29 is 0 Å². The molecule has 0 amide bonds. The Kier molecular flexibility index (Phi) is 2.98. The van der Waals surface area contributed by atoms with Gasteiger partial charge in [-0.1, -0.05) is 68.9 Å². The lowest BCUT2D eigenvalue weighted by atomic mass is 10.2. The zero-order valence-electron chi connectivity index (χ0n) is 4.64. The Hall–Kier alpha value is 0.430. The van der Waals surface area contributed by atoms with Crippen molar-refractivity contribution in [2.24, 2.45) is 0 Å². The molecule has 0 aliphatic rings. The normalized spacial score (nSPS) is 10.1. The summed E-state index contributed by atoms with van der Waals surface area (Å²) in [6.45, 7) is 0.